The maximum Gasteiger partial charge on any atom is 0.243 e. The first-order chi connectivity index (χ1) is 8.94. The van der Waals surface area contributed by atoms with E-state index in [1.54, 1.807) is 0 Å². The topological polar surface area (TPSA) is 66.4 Å². The van der Waals surface area contributed by atoms with Gasteiger partial charge in [-0.1, -0.05) is 36.0 Å². The Hall–Kier alpha value is 0.150. The normalized spacial score (nSPS) is 24.6. The lowest BCUT2D eigenvalue weighted by molar-refractivity contribution is 0.164. The van der Waals surface area contributed by atoms with Crippen LogP contribution in [0.1, 0.15) is 25.7 Å². The number of hydrogen-bond donors (Lipinski definition) is 2. The largest absolute Gasteiger partial charge is 0.396 e. The predicted molar refractivity (Wildman–Crippen MR) is 77.5 cm³/mol. The van der Waals surface area contributed by atoms with Gasteiger partial charge in [-0.3, -0.25) is 0 Å². The van der Waals surface area contributed by atoms with E-state index >= 15 is 0 Å². The van der Waals surface area contributed by atoms with Crippen LogP contribution in [0.2, 0.25) is 8.67 Å². The molecule has 2 N–H and O–H groups in total. The molecule has 19 heavy (non-hydrogen) atoms. The van der Waals surface area contributed by atoms with Crippen LogP contribution in [-0.2, 0) is 10.0 Å². The van der Waals surface area contributed by atoms with Crippen molar-refractivity contribution >= 4 is 44.6 Å². The number of rotatable bonds is 4. The highest BCUT2D eigenvalue weighted by Crippen LogP contribution is 2.35. The van der Waals surface area contributed by atoms with Crippen molar-refractivity contribution in [3.63, 3.8) is 0 Å². The summed E-state index contributed by atoms with van der Waals surface area (Å²) in [6.07, 6.45) is 3.55. The van der Waals surface area contributed by atoms with Gasteiger partial charge in [0.25, 0.3) is 0 Å². The van der Waals surface area contributed by atoms with Gasteiger partial charge in [0.1, 0.15) is 9.23 Å². The van der Waals surface area contributed by atoms with Crippen LogP contribution < -0.4 is 4.72 Å². The Labute approximate surface area is 126 Å². The molecule has 8 heteroatoms. The van der Waals surface area contributed by atoms with E-state index < -0.39 is 10.0 Å². The van der Waals surface area contributed by atoms with Gasteiger partial charge in [-0.2, -0.15) is 0 Å². The summed E-state index contributed by atoms with van der Waals surface area (Å²) in [7, 11) is -3.68. The van der Waals surface area contributed by atoms with Crippen molar-refractivity contribution in [2.24, 2.45) is 5.92 Å². The van der Waals surface area contributed by atoms with Crippen LogP contribution in [0, 0.1) is 5.92 Å². The van der Waals surface area contributed by atoms with E-state index in [4.69, 9.17) is 23.2 Å². The van der Waals surface area contributed by atoms with Gasteiger partial charge < -0.3 is 5.11 Å². The summed E-state index contributed by atoms with van der Waals surface area (Å²) in [5.41, 5.74) is 0. The summed E-state index contributed by atoms with van der Waals surface area (Å²) < 4.78 is 27.7. The SMILES string of the molecule is O=S(=O)(NC1CCCCC1CO)c1cc(Cl)sc1Cl. The highest BCUT2D eigenvalue weighted by atomic mass is 35.5. The second kappa shape index (κ2) is 6.28. The molecule has 1 saturated carbocycles. The quantitative estimate of drug-likeness (QED) is 0.883. The van der Waals surface area contributed by atoms with Crippen LogP contribution in [0.5, 0.6) is 0 Å². The number of hydrogen-bond acceptors (Lipinski definition) is 4. The molecular formula is C11H15Cl2NO3S2. The fraction of sp³-hybridized carbons (Fsp3) is 0.636. The summed E-state index contributed by atoms with van der Waals surface area (Å²) in [6.45, 7) is -0.00862. The maximum atomic E-state index is 12.3. The number of nitrogens with one attached hydrogen (secondary N) is 1. The van der Waals surface area contributed by atoms with Crippen LogP contribution in [-0.4, -0.2) is 26.2 Å². The molecule has 1 aromatic heterocycles. The first kappa shape index (κ1) is 15.5. The number of thiophene rings is 1. The van der Waals surface area contributed by atoms with Crippen LogP contribution in [0.15, 0.2) is 11.0 Å². The van der Waals surface area contributed by atoms with Crippen molar-refractivity contribution in [3.05, 3.63) is 14.7 Å². The van der Waals surface area contributed by atoms with Gasteiger partial charge in [0.05, 0.1) is 4.34 Å². The first-order valence-electron chi connectivity index (χ1n) is 6.02. The molecule has 1 aliphatic carbocycles. The van der Waals surface area contributed by atoms with Crippen molar-refractivity contribution in [1.82, 2.24) is 4.72 Å². The molecule has 1 aliphatic rings. The Kier molecular flexibility index (Phi) is 5.14. The fourth-order valence-corrected chi connectivity index (χ4v) is 5.84. The van der Waals surface area contributed by atoms with Crippen molar-refractivity contribution in [1.29, 1.82) is 0 Å². The van der Waals surface area contributed by atoms with Crippen LogP contribution in [0.3, 0.4) is 0 Å². The summed E-state index contributed by atoms with van der Waals surface area (Å²) in [4.78, 5) is 0.0198. The van der Waals surface area contributed by atoms with Gasteiger partial charge in [0.15, 0.2) is 0 Å². The molecule has 108 valence electrons. The molecule has 2 unspecified atom stereocenters. The molecule has 1 aromatic rings. The lowest BCUT2D eigenvalue weighted by Gasteiger charge is -2.30. The Morgan fingerprint density at radius 3 is 2.63 bits per heavy atom. The zero-order valence-corrected chi connectivity index (χ0v) is 13.2. The molecule has 0 bridgehead atoms. The minimum absolute atomic E-state index is 0.00862. The molecule has 2 atom stereocenters. The molecular weight excluding hydrogens is 329 g/mol. The summed E-state index contributed by atoms with van der Waals surface area (Å²) in [5, 5.41) is 9.31. The van der Waals surface area contributed by atoms with E-state index in [-0.39, 0.29) is 27.8 Å². The molecule has 1 heterocycles. The second-order valence-electron chi connectivity index (χ2n) is 4.64. The van der Waals surface area contributed by atoms with Crippen LogP contribution in [0.4, 0.5) is 0 Å². The zero-order chi connectivity index (χ0) is 14.0. The third-order valence-electron chi connectivity index (χ3n) is 3.37. The van der Waals surface area contributed by atoms with Gasteiger partial charge in [0.2, 0.25) is 10.0 Å². The maximum absolute atomic E-state index is 12.3. The molecule has 0 aliphatic heterocycles. The van der Waals surface area contributed by atoms with Crippen LogP contribution in [0.25, 0.3) is 0 Å². The van der Waals surface area contributed by atoms with E-state index in [0.29, 0.717) is 4.34 Å². The average Bonchev–Trinajstić information content (AvgIpc) is 2.69. The number of halogens is 2. The van der Waals surface area contributed by atoms with Gasteiger partial charge in [0, 0.05) is 12.6 Å². The molecule has 0 spiro atoms. The van der Waals surface area contributed by atoms with Crippen molar-refractivity contribution in [3.8, 4) is 0 Å². The highest BCUT2D eigenvalue weighted by Gasteiger charge is 2.30. The summed E-state index contributed by atoms with van der Waals surface area (Å²) in [6, 6.07) is 1.12. The first-order valence-corrected chi connectivity index (χ1v) is 9.07. The summed E-state index contributed by atoms with van der Waals surface area (Å²) >= 11 is 12.7. The Balaban J connectivity index is 2.19. The van der Waals surface area contributed by atoms with E-state index in [1.165, 1.54) is 6.07 Å². The highest BCUT2D eigenvalue weighted by molar-refractivity contribution is 7.89. The second-order valence-corrected chi connectivity index (χ2v) is 8.61. The Bertz CT molecular complexity index is 544. The standard InChI is InChI=1S/C11H15Cl2NO3S2/c12-10-5-9(11(13)18-10)19(16,17)14-8-4-2-1-3-7(8)6-15/h5,7-8,14-15H,1-4,6H2. The lowest BCUT2D eigenvalue weighted by atomic mass is 9.86. The van der Waals surface area contributed by atoms with E-state index in [2.05, 4.69) is 4.72 Å². The number of aliphatic hydroxyl groups excluding tert-OH is 1. The number of aliphatic hydroxyl groups is 1. The zero-order valence-electron chi connectivity index (χ0n) is 10.1. The van der Waals surface area contributed by atoms with Crippen molar-refractivity contribution < 1.29 is 13.5 Å². The van der Waals surface area contributed by atoms with Crippen LogP contribution >= 0.6 is 34.5 Å². The molecule has 4 nitrogen and oxygen atoms in total. The monoisotopic (exact) mass is 343 g/mol. The van der Waals surface area contributed by atoms with E-state index in [0.717, 1.165) is 37.0 Å². The van der Waals surface area contributed by atoms with Gasteiger partial charge in [-0.15, -0.1) is 11.3 Å². The minimum Gasteiger partial charge on any atom is -0.396 e. The summed E-state index contributed by atoms with van der Waals surface area (Å²) in [5.74, 6) is -0.0311. The van der Waals surface area contributed by atoms with Crippen molar-refractivity contribution in [2.45, 2.75) is 36.6 Å². The molecule has 0 aromatic carbocycles. The number of sulfonamides is 1. The average molecular weight is 344 g/mol. The van der Waals surface area contributed by atoms with Gasteiger partial charge >= 0.3 is 0 Å². The smallest absolute Gasteiger partial charge is 0.243 e. The Morgan fingerprint density at radius 1 is 1.37 bits per heavy atom. The van der Waals surface area contributed by atoms with Crippen molar-refractivity contribution in [2.75, 3.05) is 6.61 Å². The van der Waals surface area contributed by atoms with E-state index in [9.17, 15) is 13.5 Å². The molecule has 0 radical (unpaired) electrons. The lowest BCUT2D eigenvalue weighted by Crippen LogP contribution is -2.43. The van der Waals surface area contributed by atoms with Gasteiger partial charge in [-0.25, -0.2) is 13.1 Å². The Morgan fingerprint density at radius 2 is 2.05 bits per heavy atom. The minimum atomic E-state index is -3.68. The third kappa shape index (κ3) is 3.62. The fourth-order valence-electron chi connectivity index (χ4n) is 2.35. The third-order valence-corrected chi connectivity index (χ3v) is 6.61. The molecule has 0 saturated heterocycles. The van der Waals surface area contributed by atoms with Gasteiger partial charge in [-0.05, 0) is 24.8 Å². The molecule has 0 amide bonds. The molecule has 1 fully saturated rings. The predicted octanol–water partition coefficient (Wildman–Crippen LogP) is 2.88. The molecule has 2 rings (SSSR count). The van der Waals surface area contributed by atoms with E-state index in [1.807, 2.05) is 0 Å².